The molecule has 3 atom stereocenters. The Labute approximate surface area is 101 Å². The average Bonchev–Trinajstić information content (AvgIpc) is 2.64. The zero-order chi connectivity index (χ0) is 10.8. The lowest BCUT2D eigenvalue weighted by molar-refractivity contribution is 0.648. The van der Waals surface area contributed by atoms with Crippen LogP contribution in [0.15, 0.2) is 33.6 Å². The molecule has 0 heterocycles. The summed E-state index contributed by atoms with van der Waals surface area (Å²) in [6.07, 6.45) is 3.08. The van der Waals surface area contributed by atoms with E-state index in [1.807, 2.05) is 24.3 Å². The van der Waals surface area contributed by atoms with Gasteiger partial charge in [-0.05, 0) is 40.9 Å². The van der Waals surface area contributed by atoms with Crippen LogP contribution in [-0.4, -0.2) is 15.5 Å². The Morgan fingerprint density at radius 1 is 1.33 bits per heavy atom. The van der Waals surface area contributed by atoms with Crippen LogP contribution >= 0.6 is 15.9 Å². The molecule has 0 spiro atoms. The SMILES string of the molecule is NC1CCCC1S(=O)c1ccccc1Br. The molecule has 0 aromatic heterocycles. The first-order valence-corrected chi connectivity index (χ1v) is 7.11. The minimum Gasteiger partial charge on any atom is -0.327 e. The molecule has 0 amide bonds. The quantitative estimate of drug-likeness (QED) is 0.908. The summed E-state index contributed by atoms with van der Waals surface area (Å²) in [5.74, 6) is 0. The first-order chi connectivity index (χ1) is 7.20. The smallest absolute Gasteiger partial charge is 0.0588 e. The molecule has 0 bridgehead atoms. The third-order valence-electron chi connectivity index (χ3n) is 2.83. The van der Waals surface area contributed by atoms with Crippen molar-refractivity contribution in [3.63, 3.8) is 0 Å². The van der Waals surface area contributed by atoms with Crippen LogP contribution in [0, 0.1) is 0 Å². The van der Waals surface area contributed by atoms with Gasteiger partial charge in [0.1, 0.15) is 0 Å². The van der Waals surface area contributed by atoms with Gasteiger partial charge in [-0.3, -0.25) is 4.21 Å². The van der Waals surface area contributed by atoms with Gasteiger partial charge in [-0.15, -0.1) is 0 Å². The zero-order valence-corrected chi connectivity index (χ0v) is 10.8. The standard InChI is InChI=1S/C11H14BrNOS/c12-8-4-1-2-6-10(8)15(14)11-7-3-5-9(11)13/h1-2,4,6,9,11H,3,5,7,13H2. The Balaban J connectivity index is 2.24. The van der Waals surface area contributed by atoms with Crippen LogP contribution in [0.2, 0.25) is 0 Å². The van der Waals surface area contributed by atoms with Gasteiger partial charge in [-0.25, -0.2) is 0 Å². The number of halogens is 1. The molecule has 0 saturated heterocycles. The fourth-order valence-corrected chi connectivity index (χ4v) is 4.39. The highest BCUT2D eigenvalue weighted by Gasteiger charge is 2.30. The number of hydrogen-bond donors (Lipinski definition) is 1. The molecule has 4 heteroatoms. The molecule has 3 unspecified atom stereocenters. The normalized spacial score (nSPS) is 27.9. The van der Waals surface area contributed by atoms with E-state index < -0.39 is 10.8 Å². The van der Waals surface area contributed by atoms with Crippen LogP contribution < -0.4 is 5.73 Å². The minimum atomic E-state index is -0.972. The Morgan fingerprint density at radius 2 is 2.07 bits per heavy atom. The first-order valence-electron chi connectivity index (χ1n) is 5.11. The van der Waals surface area contributed by atoms with E-state index in [1.54, 1.807) is 0 Å². The summed E-state index contributed by atoms with van der Waals surface area (Å²) in [6.45, 7) is 0. The lowest BCUT2D eigenvalue weighted by Crippen LogP contribution is -2.32. The monoisotopic (exact) mass is 287 g/mol. The third kappa shape index (κ3) is 2.32. The molecule has 1 fully saturated rings. The molecular formula is C11H14BrNOS. The Kier molecular flexibility index (Phi) is 3.59. The van der Waals surface area contributed by atoms with Crippen molar-refractivity contribution in [1.29, 1.82) is 0 Å². The van der Waals surface area contributed by atoms with E-state index in [9.17, 15) is 4.21 Å². The summed E-state index contributed by atoms with van der Waals surface area (Å²) in [4.78, 5) is 0.875. The molecule has 1 aromatic rings. The van der Waals surface area contributed by atoms with Crippen LogP contribution in [-0.2, 0) is 10.8 Å². The largest absolute Gasteiger partial charge is 0.327 e. The summed E-state index contributed by atoms with van der Waals surface area (Å²) in [6, 6.07) is 7.77. The second-order valence-corrected chi connectivity index (χ2v) is 6.36. The molecule has 2 N–H and O–H groups in total. The molecule has 1 aromatic carbocycles. The number of nitrogens with two attached hydrogens (primary N) is 1. The van der Waals surface area contributed by atoms with Crippen molar-refractivity contribution in [2.24, 2.45) is 5.73 Å². The van der Waals surface area contributed by atoms with Gasteiger partial charge in [0.2, 0.25) is 0 Å². The Bertz CT molecular complexity index is 383. The van der Waals surface area contributed by atoms with Crippen molar-refractivity contribution < 1.29 is 4.21 Å². The fourth-order valence-electron chi connectivity index (χ4n) is 1.99. The predicted molar refractivity (Wildman–Crippen MR) is 66.2 cm³/mol. The van der Waals surface area contributed by atoms with E-state index in [-0.39, 0.29) is 11.3 Å². The van der Waals surface area contributed by atoms with E-state index in [2.05, 4.69) is 15.9 Å². The van der Waals surface area contributed by atoms with Crippen molar-refractivity contribution in [3.05, 3.63) is 28.7 Å². The van der Waals surface area contributed by atoms with Gasteiger partial charge in [0.05, 0.1) is 20.9 Å². The first kappa shape index (κ1) is 11.3. The van der Waals surface area contributed by atoms with Crippen molar-refractivity contribution in [3.8, 4) is 0 Å². The summed E-state index contributed by atoms with van der Waals surface area (Å²) >= 11 is 3.43. The summed E-state index contributed by atoms with van der Waals surface area (Å²) in [5, 5.41) is 0.128. The van der Waals surface area contributed by atoms with Gasteiger partial charge in [-0.1, -0.05) is 18.6 Å². The maximum atomic E-state index is 12.3. The van der Waals surface area contributed by atoms with E-state index in [0.29, 0.717) is 0 Å². The molecule has 0 aliphatic heterocycles. The lowest BCUT2D eigenvalue weighted by atomic mass is 10.3. The molecule has 2 rings (SSSR count). The van der Waals surface area contributed by atoms with Crippen LogP contribution in [0.25, 0.3) is 0 Å². The Hall–Kier alpha value is -0.190. The van der Waals surface area contributed by atoms with Crippen molar-refractivity contribution in [1.82, 2.24) is 0 Å². The van der Waals surface area contributed by atoms with Gasteiger partial charge in [0, 0.05) is 10.5 Å². The van der Waals surface area contributed by atoms with Gasteiger partial charge in [-0.2, -0.15) is 0 Å². The topological polar surface area (TPSA) is 43.1 Å². The minimum absolute atomic E-state index is 0.0953. The van der Waals surface area contributed by atoms with Crippen LogP contribution in [0.3, 0.4) is 0 Å². The molecule has 0 radical (unpaired) electrons. The molecule has 2 nitrogen and oxygen atoms in total. The van der Waals surface area contributed by atoms with Crippen LogP contribution in [0.5, 0.6) is 0 Å². The fraction of sp³-hybridized carbons (Fsp3) is 0.455. The van der Waals surface area contributed by atoms with Crippen molar-refractivity contribution in [2.45, 2.75) is 35.4 Å². The maximum Gasteiger partial charge on any atom is 0.0588 e. The zero-order valence-electron chi connectivity index (χ0n) is 8.36. The van der Waals surface area contributed by atoms with Crippen molar-refractivity contribution in [2.75, 3.05) is 0 Å². The van der Waals surface area contributed by atoms with Crippen LogP contribution in [0.1, 0.15) is 19.3 Å². The van der Waals surface area contributed by atoms with Gasteiger partial charge >= 0.3 is 0 Å². The number of hydrogen-bond acceptors (Lipinski definition) is 2. The van der Waals surface area contributed by atoms with E-state index in [4.69, 9.17) is 5.73 Å². The third-order valence-corrected chi connectivity index (χ3v) is 5.71. The molecule has 82 valence electrons. The molecule has 1 saturated carbocycles. The average molecular weight is 288 g/mol. The summed E-state index contributed by atoms with van der Waals surface area (Å²) < 4.78 is 13.2. The van der Waals surface area contributed by atoms with Gasteiger partial charge < -0.3 is 5.73 Å². The number of rotatable bonds is 2. The summed E-state index contributed by atoms with van der Waals surface area (Å²) in [7, 11) is -0.972. The second-order valence-electron chi connectivity index (χ2n) is 3.86. The maximum absolute atomic E-state index is 12.3. The molecular weight excluding hydrogens is 274 g/mol. The van der Waals surface area contributed by atoms with E-state index in [1.165, 1.54) is 0 Å². The molecule has 1 aliphatic carbocycles. The van der Waals surface area contributed by atoms with Crippen molar-refractivity contribution >= 4 is 26.7 Å². The lowest BCUT2D eigenvalue weighted by Gasteiger charge is -2.15. The van der Waals surface area contributed by atoms with E-state index in [0.717, 1.165) is 28.6 Å². The molecule has 1 aliphatic rings. The summed E-state index contributed by atoms with van der Waals surface area (Å²) in [5.41, 5.74) is 5.96. The highest BCUT2D eigenvalue weighted by Crippen LogP contribution is 2.29. The van der Waals surface area contributed by atoms with Gasteiger partial charge in [0.15, 0.2) is 0 Å². The Morgan fingerprint density at radius 3 is 2.67 bits per heavy atom. The molecule has 15 heavy (non-hydrogen) atoms. The van der Waals surface area contributed by atoms with E-state index >= 15 is 0 Å². The highest BCUT2D eigenvalue weighted by molar-refractivity contribution is 9.10. The number of benzene rings is 1. The predicted octanol–water partition coefficient (Wildman–Crippen LogP) is 2.44. The highest BCUT2D eigenvalue weighted by atomic mass is 79.9. The second kappa shape index (κ2) is 4.76. The van der Waals surface area contributed by atoms with Crippen LogP contribution in [0.4, 0.5) is 0 Å². The van der Waals surface area contributed by atoms with Gasteiger partial charge in [0.25, 0.3) is 0 Å².